The van der Waals surface area contributed by atoms with Crippen molar-refractivity contribution < 1.29 is 14.7 Å². The van der Waals surface area contributed by atoms with E-state index in [0.717, 1.165) is 0 Å². The maximum absolute atomic E-state index is 11.9. The normalized spacial score (nSPS) is 18.8. The van der Waals surface area contributed by atoms with Crippen molar-refractivity contribution >= 4 is 11.9 Å². The quantitative estimate of drug-likeness (QED) is 0.736. The molecule has 1 atom stereocenters. The number of hydrogen-bond acceptors (Lipinski definition) is 3. The number of carbonyl (C=O) groups is 2. The van der Waals surface area contributed by atoms with Gasteiger partial charge in [0.2, 0.25) is 0 Å². The summed E-state index contributed by atoms with van der Waals surface area (Å²) in [6, 6.07) is 2.40. The van der Waals surface area contributed by atoms with Crippen molar-refractivity contribution in [2.45, 2.75) is 6.04 Å². The fourth-order valence-electron chi connectivity index (χ4n) is 1.60. The summed E-state index contributed by atoms with van der Waals surface area (Å²) in [5.41, 5.74) is 0.400. The van der Waals surface area contributed by atoms with Crippen LogP contribution in [0, 0.1) is 0 Å². The van der Waals surface area contributed by atoms with Crippen molar-refractivity contribution in [1.29, 1.82) is 0 Å². The van der Waals surface area contributed by atoms with Gasteiger partial charge in [0.15, 0.2) is 0 Å². The number of amides is 1. The standard InChI is InChI=1S/C11H10N2O3/c14-10(8-3-1-5-12-7-8)13-6-2-4-9(13)11(15)16/h1-5,7,9H,6H2,(H,15,16). The smallest absolute Gasteiger partial charge is 0.330 e. The second-order valence-corrected chi connectivity index (χ2v) is 3.41. The second-order valence-electron chi connectivity index (χ2n) is 3.41. The highest BCUT2D eigenvalue weighted by atomic mass is 16.4. The molecule has 16 heavy (non-hydrogen) atoms. The van der Waals surface area contributed by atoms with Crippen LogP contribution in [0.5, 0.6) is 0 Å². The lowest BCUT2D eigenvalue weighted by atomic mass is 10.2. The first-order valence-electron chi connectivity index (χ1n) is 4.80. The minimum atomic E-state index is -1.02. The lowest BCUT2D eigenvalue weighted by Gasteiger charge is -2.21. The molecule has 1 aromatic rings. The lowest BCUT2D eigenvalue weighted by Crippen LogP contribution is -2.40. The van der Waals surface area contributed by atoms with Gasteiger partial charge in [-0.05, 0) is 12.1 Å². The van der Waals surface area contributed by atoms with Gasteiger partial charge in [-0.1, -0.05) is 12.2 Å². The largest absolute Gasteiger partial charge is 0.479 e. The Hall–Kier alpha value is -2.17. The van der Waals surface area contributed by atoms with Crippen LogP contribution in [0.25, 0.3) is 0 Å². The third kappa shape index (κ3) is 1.79. The molecule has 1 amide bonds. The molecule has 0 fully saturated rings. The van der Waals surface area contributed by atoms with E-state index in [0.29, 0.717) is 12.1 Å². The number of aromatic nitrogens is 1. The van der Waals surface area contributed by atoms with E-state index in [2.05, 4.69) is 4.98 Å². The Bertz CT molecular complexity index is 442. The average Bonchev–Trinajstić information content (AvgIpc) is 2.78. The van der Waals surface area contributed by atoms with Gasteiger partial charge in [0, 0.05) is 18.9 Å². The first kappa shape index (κ1) is 10.4. The Kier molecular flexibility index (Phi) is 2.68. The first-order chi connectivity index (χ1) is 7.70. The molecular weight excluding hydrogens is 208 g/mol. The van der Waals surface area contributed by atoms with E-state index in [4.69, 9.17) is 5.11 Å². The molecule has 1 aliphatic rings. The van der Waals surface area contributed by atoms with E-state index in [1.165, 1.54) is 17.2 Å². The van der Waals surface area contributed by atoms with E-state index < -0.39 is 12.0 Å². The van der Waals surface area contributed by atoms with Crippen molar-refractivity contribution in [3.8, 4) is 0 Å². The molecule has 0 saturated carbocycles. The predicted molar refractivity (Wildman–Crippen MR) is 55.8 cm³/mol. The van der Waals surface area contributed by atoms with E-state index in [1.807, 2.05) is 0 Å². The molecule has 0 aromatic carbocycles. The highest BCUT2D eigenvalue weighted by Gasteiger charge is 2.30. The number of hydrogen-bond donors (Lipinski definition) is 1. The summed E-state index contributed by atoms with van der Waals surface area (Å²) in [6.07, 6.45) is 6.18. The summed E-state index contributed by atoms with van der Waals surface area (Å²) >= 11 is 0. The van der Waals surface area contributed by atoms with Crippen LogP contribution in [0.3, 0.4) is 0 Å². The van der Waals surface area contributed by atoms with Crippen molar-refractivity contribution in [2.75, 3.05) is 6.54 Å². The van der Waals surface area contributed by atoms with Gasteiger partial charge >= 0.3 is 5.97 Å². The molecule has 0 radical (unpaired) electrons. The monoisotopic (exact) mass is 218 g/mol. The Morgan fingerprint density at radius 3 is 2.94 bits per heavy atom. The van der Waals surface area contributed by atoms with Crippen LogP contribution in [0.2, 0.25) is 0 Å². The zero-order valence-corrected chi connectivity index (χ0v) is 8.41. The zero-order valence-electron chi connectivity index (χ0n) is 8.41. The maximum atomic E-state index is 11.9. The minimum absolute atomic E-state index is 0.314. The van der Waals surface area contributed by atoms with Gasteiger partial charge in [-0.3, -0.25) is 9.78 Å². The van der Waals surface area contributed by atoms with Crippen molar-refractivity contribution in [3.63, 3.8) is 0 Å². The summed E-state index contributed by atoms with van der Waals surface area (Å²) in [4.78, 5) is 28.0. The van der Waals surface area contributed by atoms with Gasteiger partial charge in [0.25, 0.3) is 5.91 Å². The molecule has 1 aliphatic heterocycles. The van der Waals surface area contributed by atoms with Crippen LogP contribution >= 0.6 is 0 Å². The van der Waals surface area contributed by atoms with Crippen LogP contribution < -0.4 is 0 Å². The molecule has 0 aliphatic carbocycles. The molecule has 0 bridgehead atoms. The van der Waals surface area contributed by atoms with Crippen LogP contribution in [0.15, 0.2) is 36.7 Å². The summed E-state index contributed by atoms with van der Waals surface area (Å²) in [5, 5.41) is 8.92. The fraction of sp³-hybridized carbons (Fsp3) is 0.182. The Labute approximate surface area is 92.0 Å². The van der Waals surface area contributed by atoms with Crippen LogP contribution in [-0.2, 0) is 4.79 Å². The number of carboxylic acids is 1. The highest BCUT2D eigenvalue weighted by Crippen LogP contribution is 2.14. The van der Waals surface area contributed by atoms with Gasteiger partial charge in [-0.2, -0.15) is 0 Å². The van der Waals surface area contributed by atoms with Crippen molar-refractivity contribution in [1.82, 2.24) is 9.88 Å². The van der Waals surface area contributed by atoms with Crippen molar-refractivity contribution in [3.05, 3.63) is 42.2 Å². The lowest BCUT2D eigenvalue weighted by molar-refractivity contribution is -0.140. The number of carboxylic acid groups (broad SMARTS) is 1. The van der Waals surface area contributed by atoms with Gasteiger partial charge in [0.1, 0.15) is 6.04 Å². The summed E-state index contributed by atoms with van der Waals surface area (Å²) in [5.74, 6) is -1.34. The van der Waals surface area contributed by atoms with Crippen molar-refractivity contribution in [2.24, 2.45) is 0 Å². The van der Waals surface area contributed by atoms with Crippen LogP contribution in [0.4, 0.5) is 0 Å². The fourth-order valence-corrected chi connectivity index (χ4v) is 1.60. The molecule has 0 spiro atoms. The Morgan fingerprint density at radius 2 is 2.31 bits per heavy atom. The molecule has 1 N–H and O–H groups in total. The van der Waals surface area contributed by atoms with E-state index in [9.17, 15) is 9.59 Å². The van der Waals surface area contributed by atoms with Gasteiger partial charge < -0.3 is 10.0 Å². The number of pyridine rings is 1. The molecule has 1 aromatic heterocycles. The van der Waals surface area contributed by atoms with Gasteiger partial charge in [0.05, 0.1) is 5.56 Å². The third-order valence-corrected chi connectivity index (χ3v) is 2.38. The summed E-state index contributed by atoms with van der Waals surface area (Å²) in [6.45, 7) is 0.324. The van der Waals surface area contributed by atoms with Gasteiger partial charge in [-0.15, -0.1) is 0 Å². The molecule has 2 heterocycles. The maximum Gasteiger partial charge on any atom is 0.330 e. The van der Waals surface area contributed by atoms with E-state index >= 15 is 0 Å². The number of aliphatic carboxylic acids is 1. The molecule has 5 nitrogen and oxygen atoms in total. The van der Waals surface area contributed by atoms with Crippen LogP contribution in [-0.4, -0.2) is 39.5 Å². The third-order valence-electron chi connectivity index (χ3n) is 2.38. The zero-order chi connectivity index (χ0) is 11.5. The molecule has 82 valence electrons. The topological polar surface area (TPSA) is 70.5 Å². The van der Waals surface area contributed by atoms with Gasteiger partial charge in [-0.25, -0.2) is 4.79 Å². The average molecular weight is 218 g/mol. The molecule has 5 heteroatoms. The highest BCUT2D eigenvalue weighted by molar-refractivity contribution is 5.97. The SMILES string of the molecule is O=C(O)C1C=CCN1C(=O)c1cccnc1. The predicted octanol–water partition coefficient (Wildman–Crippen LogP) is 0.547. The summed E-state index contributed by atoms with van der Waals surface area (Å²) in [7, 11) is 0. The molecule has 2 rings (SSSR count). The molecular formula is C11H10N2O3. The Balaban J connectivity index is 2.21. The Morgan fingerprint density at radius 1 is 1.50 bits per heavy atom. The molecule has 0 saturated heterocycles. The number of rotatable bonds is 2. The summed E-state index contributed by atoms with van der Waals surface area (Å²) < 4.78 is 0. The minimum Gasteiger partial charge on any atom is -0.479 e. The molecule has 1 unspecified atom stereocenters. The number of carbonyl (C=O) groups excluding carboxylic acids is 1. The van der Waals surface area contributed by atoms with Crippen LogP contribution in [0.1, 0.15) is 10.4 Å². The first-order valence-corrected chi connectivity index (χ1v) is 4.80. The second kappa shape index (κ2) is 4.14. The van der Waals surface area contributed by atoms with E-state index in [1.54, 1.807) is 24.4 Å². The van der Waals surface area contributed by atoms with E-state index in [-0.39, 0.29) is 5.91 Å². The number of nitrogens with zero attached hydrogens (tertiary/aromatic N) is 2.